The van der Waals surface area contributed by atoms with Crippen LogP contribution in [0.5, 0.6) is 0 Å². The molecule has 0 bridgehead atoms. The lowest BCUT2D eigenvalue weighted by molar-refractivity contribution is 0.590. The van der Waals surface area contributed by atoms with Crippen molar-refractivity contribution in [3.8, 4) is 61.3 Å². The Kier molecular flexibility index (Phi) is 12.1. The van der Waals surface area contributed by atoms with Crippen LogP contribution >= 0.6 is 11.3 Å². The number of fused-ring (bicyclic) bond motifs is 19. The van der Waals surface area contributed by atoms with E-state index in [0.717, 1.165) is 155 Å². The first-order valence-corrected chi connectivity index (χ1v) is 36.9. The van der Waals surface area contributed by atoms with Crippen LogP contribution in [0.4, 0.5) is 34.1 Å². The van der Waals surface area contributed by atoms with E-state index in [1.165, 1.54) is 36.5 Å². The van der Waals surface area contributed by atoms with E-state index in [1.54, 1.807) is 0 Å². The largest absolute Gasteiger partial charge is 0.309 e. The minimum absolute atomic E-state index is 0.139. The zero-order chi connectivity index (χ0) is 73.8. The van der Waals surface area contributed by atoms with Crippen molar-refractivity contribution in [2.24, 2.45) is 0 Å². The normalized spacial score (nSPS) is 13.7. The molecule has 0 saturated carbocycles. The van der Waals surface area contributed by atoms with Gasteiger partial charge in [0.25, 0.3) is 6.71 Å². The van der Waals surface area contributed by atoms with Gasteiger partial charge in [0.05, 0.1) is 61.9 Å². The summed E-state index contributed by atoms with van der Waals surface area (Å²) < 4.78 is 54.6. The van der Waals surface area contributed by atoms with Crippen LogP contribution in [0.25, 0.3) is 141 Å². The summed E-state index contributed by atoms with van der Waals surface area (Å²) in [6.45, 7) is 13.4. The highest BCUT2D eigenvalue weighted by molar-refractivity contribution is 7.26. The number of nitrogens with zero attached hydrogens (tertiary/aromatic N) is 4. The van der Waals surface area contributed by atoms with E-state index in [4.69, 9.17) is 1.37 Å². The molecule has 0 spiro atoms. The Labute approximate surface area is 616 Å². The standard InChI is InChI=1S/C98H71BN4S/c1-97(2,3)66-55-75(61-32-14-8-15-33-61)90(76(56-66)62-34-16-9-17-35-62)102-84-54-65(60-30-12-7-13-31-60)48-52-79(84)99-80-53-49-68(100-81-44-26-22-40-69(81)71-50-51-72-70-41-25-29-47-86(70)104-96(72)92(71)100)59-85(80)103(91-77(63-36-18-10-19-37-63)57-67(98(4,5)6)58-78(91)64-38-20-11-21-39-64)95-88-74-43-24-28-46-83(74)101-82-45-27-23-42-73(82)87(93(88)101)94(102)89(95)99/h7-59H,1-6H3/i7D,12D,13D,30D,31D. The van der Waals surface area contributed by atoms with Crippen LogP contribution in [0.2, 0.25) is 0 Å². The Hall–Kier alpha value is -12.2. The van der Waals surface area contributed by atoms with E-state index < -0.39 is 12.8 Å². The van der Waals surface area contributed by atoms with Crippen molar-refractivity contribution in [2.45, 2.75) is 52.4 Å². The second-order valence-electron chi connectivity index (χ2n) is 30.3. The first-order chi connectivity index (χ1) is 53.0. The summed E-state index contributed by atoms with van der Waals surface area (Å²) in [6.07, 6.45) is 0. The fourth-order valence-corrected chi connectivity index (χ4v) is 18.9. The molecule has 104 heavy (non-hydrogen) atoms. The van der Waals surface area contributed by atoms with Gasteiger partial charge in [0, 0.05) is 87.1 Å². The molecule has 6 heteroatoms. The molecule has 0 saturated heterocycles. The van der Waals surface area contributed by atoms with E-state index >= 15 is 0 Å². The summed E-state index contributed by atoms with van der Waals surface area (Å²) >= 11 is 1.86. The molecule has 2 aliphatic rings. The summed E-state index contributed by atoms with van der Waals surface area (Å²) in [7, 11) is 0. The maximum atomic E-state index is 9.79. The number of benzene rings is 15. The van der Waals surface area contributed by atoms with Gasteiger partial charge in [0.2, 0.25) is 0 Å². The Morgan fingerprint density at radius 3 is 1.28 bits per heavy atom. The van der Waals surface area contributed by atoms with Crippen molar-refractivity contribution in [1.82, 2.24) is 8.97 Å². The summed E-state index contributed by atoms with van der Waals surface area (Å²) in [6, 6.07) is 106. The van der Waals surface area contributed by atoms with Gasteiger partial charge in [-0.2, -0.15) is 0 Å². The van der Waals surface area contributed by atoms with Crippen molar-refractivity contribution in [2.75, 3.05) is 9.80 Å². The molecule has 0 N–H and O–H groups in total. The number of para-hydroxylation sites is 3. The smallest absolute Gasteiger partial charge is 0.252 e. The van der Waals surface area contributed by atoms with Gasteiger partial charge in [-0.25, -0.2) is 0 Å². The third kappa shape index (κ3) is 8.85. The first-order valence-electron chi connectivity index (χ1n) is 38.6. The maximum Gasteiger partial charge on any atom is 0.252 e. The molecular formula is C98H71BN4S. The lowest BCUT2D eigenvalue weighted by Gasteiger charge is -2.46. The van der Waals surface area contributed by atoms with Gasteiger partial charge in [-0.15, -0.1) is 11.3 Å². The van der Waals surface area contributed by atoms with E-state index in [-0.39, 0.29) is 40.6 Å². The van der Waals surface area contributed by atoms with Crippen LogP contribution in [0, 0.1) is 0 Å². The van der Waals surface area contributed by atoms with Crippen molar-refractivity contribution >= 4 is 149 Å². The molecule has 2 aliphatic heterocycles. The SMILES string of the molecule is [2H]c1c([2H])c([2H])c(-c2ccc3c(c2)N(c2c(-c4ccccc4)cc(C(C)(C)C)cc2-c2ccccc2)c2c4c(c5c6ccccc6n6c7ccccc7c2c56)N(c2c(-c5ccccc5)cc(C(C)(C)C)cc2-c2ccccc2)c2cc(-n5c6ccccc6c6ccc7c8ccccc8sc7c65)ccc2B34)c([2H])c1[2H]. The predicted octanol–water partition coefficient (Wildman–Crippen LogP) is 25.3. The quantitative estimate of drug-likeness (QED) is 0.141. The number of hydrogen-bond acceptors (Lipinski definition) is 3. The molecule has 0 amide bonds. The Bertz CT molecular complexity index is 6920. The Balaban J connectivity index is 1.02. The van der Waals surface area contributed by atoms with Crippen LogP contribution in [0.15, 0.2) is 321 Å². The third-order valence-corrected chi connectivity index (χ3v) is 23.6. The van der Waals surface area contributed by atoms with Crippen molar-refractivity contribution in [3.05, 3.63) is 333 Å². The fourth-order valence-electron chi connectivity index (χ4n) is 17.6. The highest BCUT2D eigenvalue weighted by atomic mass is 32.1. The van der Waals surface area contributed by atoms with E-state index in [9.17, 15) is 5.48 Å². The molecule has 0 aliphatic carbocycles. The molecule has 4 nitrogen and oxygen atoms in total. The molecule has 19 aromatic rings. The van der Waals surface area contributed by atoms with E-state index in [1.807, 2.05) is 17.4 Å². The molecule has 0 fully saturated rings. The van der Waals surface area contributed by atoms with Gasteiger partial charge in [0.1, 0.15) is 0 Å². The van der Waals surface area contributed by atoms with Gasteiger partial charge < -0.3 is 18.8 Å². The zero-order valence-electron chi connectivity index (χ0n) is 63.5. The van der Waals surface area contributed by atoms with Crippen LogP contribution in [-0.2, 0) is 10.8 Å². The fraction of sp³-hybridized carbons (Fsp3) is 0.0816. The van der Waals surface area contributed by atoms with Crippen LogP contribution in [0.3, 0.4) is 0 Å². The monoisotopic (exact) mass is 1350 g/mol. The number of aromatic nitrogens is 2. The highest BCUT2D eigenvalue weighted by Gasteiger charge is 2.49. The van der Waals surface area contributed by atoms with Gasteiger partial charge >= 0.3 is 0 Å². The molecule has 21 rings (SSSR count). The van der Waals surface area contributed by atoms with Crippen molar-refractivity contribution in [3.63, 3.8) is 0 Å². The van der Waals surface area contributed by atoms with Gasteiger partial charge in [-0.3, -0.25) is 0 Å². The number of anilines is 6. The number of thiophene rings is 1. The number of rotatable bonds is 8. The lowest BCUT2D eigenvalue weighted by Crippen LogP contribution is -2.61. The first kappa shape index (κ1) is 55.5. The molecular weight excluding hydrogens is 1280 g/mol. The van der Waals surface area contributed by atoms with Gasteiger partial charge in [-0.05, 0) is 138 Å². The lowest BCUT2D eigenvalue weighted by atomic mass is 9.33. The number of hydrogen-bond donors (Lipinski definition) is 0. The summed E-state index contributed by atoms with van der Waals surface area (Å²) in [5, 5.41) is 9.24. The highest BCUT2D eigenvalue weighted by Crippen LogP contribution is 2.60. The molecule has 492 valence electrons. The molecule has 4 aromatic heterocycles. The van der Waals surface area contributed by atoms with Gasteiger partial charge in [-0.1, -0.05) is 296 Å². The molecule has 6 heterocycles. The van der Waals surface area contributed by atoms with Crippen LogP contribution < -0.4 is 26.2 Å². The third-order valence-electron chi connectivity index (χ3n) is 22.4. The van der Waals surface area contributed by atoms with Crippen LogP contribution in [-0.4, -0.2) is 15.7 Å². The second-order valence-corrected chi connectivity index (χ2v) is 31.3. The van der Waals surface area contributed by atoms with Gasteiger partial charge in [0.15, 0.2) is 0 Å². The van der Waals surface area contributed by atoms with Crippen molar-refractivity contribution < 1.29 is 6.85 Å². The van der Waals surface area contributed by atoms with E-state index in [0.29, 0.717) is 5.56 Å². The Morgan fingerprint density at radius 2 is 0.769 bits per heavy atom. The Morgan fingerprint density at radius 1 is 0.337 bits per heavy atom. The average Bonchev–Trinajstić information content (AvgIpc) is 1.60. The van der Waals surface area contributed by atoms with Crippen molar-refractivity contribution in [1.29, 1.82) is 0 Å². The molecule has 15 aromatic carbocycles. The minimum Gasteiger partial charge on any atom is -0.309 e. The maximum absolute atomic E-state index is 9.79. The average molecular weight is 1350 g/mol. The topological polar surface area (TPSA) is 15.8 Å². The minimum atomic E-state index is -0.503. The molecule has 0 unspecified atom stereocenters. The van der Waals surface area contributed by atoms with Crippen LogP contribution in [0.1, 0.15) is 59.5 Å². The summed E-state index contributed by atoms with van der Waals surface area (Å²) in [5.41, 5.74) is 26.5. The molecule has 0 atom stereocenters. The summed E-state index contributed by atoms with van der Waals surface area (Å²) in [4.78, 5) is 5.29. The summed E-state index contributed by atoms with van der Waals surface area (Å²) in [5.74, 6) is 0. The van der Waals surface area contributed by atoms with E-state index in [2.05, 4.69) is 345 Å². The predicted molar refractivity (Wildman–Crippen MR) is 447 cm³/mol. The molecule has 0 radical (unpaired) electrons. The zero-order valence-corrected chi connectivity index (χ0v) is 59.3. The second kappa shape index (κ2) is 22.6.